The maximum atomic E-state index is 12.5. The predicted octanol–water partition coefficient (Wildman–Crippen LogP) is 5.43. The number of nitrogens with zero attached hydrogens (tertiary/aromatic N) is 2. The smallest absolute Gasteiger partial charge is 0.323 e. The molecular formula is C25H33Cl2N5O2. The number of hydrogen-bond donors (Lipinski definition) is 3. The molecular weight excluding hydrogens is 473 g/mol. The van der Waals surface area contributed by atoms with Crippen LogP contribution in [-0.2, 0) is 4.79 Å². The third kappa shape index (κ3) is 8.70. The third-order valence-corrected chi connectivity index (χ3v) is 6.05. The van der Waals surface area contributed by atoms with E-state index in [1.165, 1.54) is 19.3 Å². The molecule has 2 aromatic rings. The quantitative estimate of drug-likeness (QED) is 0.356. The van der Waals surface area contributed by atoms with Crippen LogP contribution in [0, 0.1) is 0 Å². The Balaban J connectivity index is 1.48. The van der Waals surface area contributed by atoms with Gasteiger partial charge in [0.25, 0.3) is 0 Å². The van der Waals surface area contributed by atoms with Crippen molar-refractivity contribution in [2.24, 2.45) is 0 Å². The molecule has 0 atom stereocenters. The van der Waals surface area contributed by atoms with Gasteiger partial charge in [-0.15, -0.1) is 23.2 Å². The van der Waals surface area contributed by atoms with Gasteiger partial charge in [-0.2, -0.15) is 0 Å². The number of carbonyl (C=O) groups is 2. The Kier molecular flexibility index (Phi) is 10.8. The minimum Gasteiger partial charge on any atom is -0.369 e. The lowest BCUT2D eigenvalue weighted by molar-refractivity contribution is -0.116. The van der Waals surface area contributed by atoms with Crippen molar-refractivity contribution in [1.82, 2.24) is 4.90 Å². The van der Waals surface area contributed by atoms with E-state index in [-0.39, 0.29) is 11.9 Å². The molecule has 1 saturated heterocycles. The first-order chi connectivity index (χ1) is 16.6. The number of likely N-dealkylation sites (tertiary alicyclic amines) is 1. The van der Waals surface area contributed by atoms with E-state index < -0.39 is 0 Å². The third-order valence-electron chi connectivity index (χ3n) is 5.71. The van der Waals surface area contributed by atoms with Crippen molar-refractivity contribution in [3.05, 3.63) is 48.5 Å². The monoisotopic (exact) mass is 505 g/mol. The van der Waals surface area contributed by atoms with Crippen LogP contribution in [-0.4, -0.2) is 61.3 Å². The summed E-state index contributed by atoms with van der Waals surface area (Å²) in [5, 5.41) is 8.56. The zero-order chi connectivity index (χ0) is 24.2. The number of anilines is 4. The molecule has 184 valence electrons. The summed E-state index contributed by atoms with van der Waals surface area (Å²) in [6.45, 7) is 4.33. The van der Waals surface area contributed by atoms with Gasteiger partial charge in [0.2, 0.25) is 5.91 Å². The molecule has 0 aromatic heterocycles. The molecule has 0 bridgehead atoms. The second kappa shape index (κ2) is 14.0. The van der Waals surface area contributed by atoms with Crippen LogP contribution >= 0.6 is 23.2 Å². The van der Waals surface area contributed by atoms with Crippen LogP contribution in [0.3, 0.4) is 0 Å². The van der Waals surface area contributed by atoms with Crippen molar-refractivity contribution in [2.45, 2.75) is 25.7 Å². The SMILES string of the molecule is O=C(CCN1CCCCC1)Nc1cccc(NC(=O)Nc2ccc(N(CCCl)CCCl)cc2)c1. The molecule has 0 aliphatic carbocycles. The second-order valence-corrected chi connectivity index (χ2v) is 9.03. The number of alkyl halides is 2. The Bertz CT molecular complexity index is 914. The lowest BCUT2D eigenvalue weighted by atomic mass is 10.1. The molecule has 3 N–H and O–H groups in total. The highest BCUT2D eigenvalue weighted by Gasteiger charge is 2.12. The molecule has 1 heterocycles. The predicted molar refractivity (Wildman–Crippen MR) is 143 cm³/mol. The van der Waals surface area contributed by atoms with E-state index in [0.29, 0.717) is 48.3 Å². The van der Waals surface area contributed by atoms with Crippen LogP contribution in [0.15, 0.2) is 48.5 Å². The number of piperidine rings is 1. The fraction of sp³-hybridized carbons (Fsp3) is 0.440. The number of rotatable bonds is 11. The molecule has 1 fully saturated rings. The normalized spacial score (nSPS) is 13.8. The van der Waals surface area contributed by atoms with Gasteiger partial charge in [0.05, 0.1) is 0 Å². The first kappa shape index (κ1) is 26.1. The van der Waals surface area contributed by atoms with E-state index in [2.05, 4.69) is 25.8 Å². The van der Waals surface area contributed by atoms with E-state index >= 15 is 0 Å². The summed E-state index contributed by atoms with van der Waals surface area (Å²) in [6.07, 6.45) is 4.16. The first-order valence-corrected chi connectivity index (χ1v) is 12.8. The minimum absolute atomic E-state index is 0.0235. The van der Waals surface area contributed by atoms with Gasteiger partial charge in [-0.05, 0) is 68.4 Å². The topological polar surface area (TPSA) is 76.7 Å². The van der Waals surface area contributed by atoms with Crippen LogP contribution in [0.4, 0.5) is 27.5 Å². The second-order valence-electron chi connectivity index (χ2n) is 8.27. The summed E-state index contributed by atoms with van der Waals surface area (Å²) in [5.41, 5.74) is 2.92. The van der Waals surface area contributed by atoms with E-state index in [9.17, 15) is 9.59 Å². The number of nitrogens with one attached hydrogen (secondary N) is 3. The van der Waals surface area contributed by atoms with Crippen molar-refractivity contribution in [3.63, 3.8) is 0 Å². The number of urea groups is 1. The van der Waals surface area contributed by atoms with E-state index in [4.69, 9.17) is 23.2 Å². The maximum absolute atomic E-state index is 12.5. The molecule has 0 unspecified atom stereocenters. The van der Waals surface area contributed by atoms with Crippen molar-refractivity contribution in [2.75, 3.05) is 65.3 Å². The van der Waals surface area contributed by atoms with Gasteiger partial charge in [-0.25, -0.2) is 4.79 Å². The van der Waals surface area contributed by atoms with Crippen LogP contribution < -0.4 is 20.9 Å². The Morgan fingerprint density at radius 3 is 2.09 bits per heavy atom. The van der Waals surface area contributed by atoms with Gasteiger partial charge in [-0.3, -0.25) is 4.79 Å². The number of halogens is 2. The van der Waals surface area contributed by atoms with Crippen LogP contribution in [0.1, 0.15) is 25.7 Å². The molecule has 1 aliphatic rings. The lowest BCUT2D eigenvalue weighted by Gasteiger charge is -2.25. The van der Waals surface area contributed by atoms with Gasteiger partial charge < -0.3 is 25.8 Å². The van der Waals surface area contributed by atoms with E-state index in [1.807, 2.05) is 30.3 Å². The maximum Gasteiger partial charge on any atom is 0.323 e. The van der Waals surface area contributed by atoms with Crippen LogP contribution in [0.25, 0.3) is 0 Å². The molecule has 9 heteroatoms. The zero-order valence-electron chi connectivity index (χ0n) is 19.4. The molecule has 34 heavy (non-hydrogen) atoms. The Morgan fingerprint density at radius 1 is 0.824 bits per heavy atom. The summed E-state index contributed by atoms with van der Waals surface area (Å²) >= 11 is 11.7. The molecule has 0 spiro atoms. The van der Waals surface area contributed by atoms with E-state index in [0.717, 1.165) is 25.3 Å². The average molecular weight is 506 g/mol. The highest BCUT2D eigenvalue weighted by Crippen LogP contribution is 2.20. The number of amides is 3. The first-order valence-electron chi connectivity index (χ1n) is 11.7. The molecule has 7 nitrogen and oxygen atoms in total. The van der Waals surface area contributed by atoms with Crippen molar-refractivity contribution in [1.29, 1.82) is 0 Å². The van der Waals surface area contributed by atoms with Gasteiger partial charge in [0, 0.05) is 60.6 Å². The lowest BCUT2D eigenvalue weighted by Crippen LogP contribution is -2.32. The van der Waals surface area contributed by atoms with Crippen molar-refractivity contribution >= 4 is 57.9 Å². The molecule has 3 rings (SSSR count). The van der Waals surface area contributed by atoms with E-state index in [1.54, 1.807) is 18.2 Å². The van der Waals surface area contributed by atoms with Gasteiger partial charge in [0.1, 0.15) is 0 Å². The molecule has 3 amide bonds. The Hall–Kier alpha value is -2.48. The molecule has 2 aromatic carbocycles. The highest BCUT2D eigenvalue weighted by molar-refractivity contribution is 6.18. The minimum atomic E-state index is -0.361. The average Bonchev–Trinajstić information content (AvgIpc) is 2.84. The summed E-state index contributed by atoms with van der Waals surface area (Å²) in [5.74, 6) is 0.999. The number of hydrogen-bond acceptors (Lipinski definition) is 4. The largest absolute Gasteiger partial charge is 0.369 e. The Morgan fingerprint density at radius 2 is 1.44 bits per heavy atom. The molecule has 0 saturated carbocycles. The van der Waals surface area contributed by atoms with Crippen molar-refractivity contribution in [3.8, 4) is 0 Å². The van der Waals surface area contributed by atoms with Crippen LogP contribution in [0.5, 0.6) is 0 Å². The molecule has 0 radical (unpaired) electrons. The summed E-state index contributed by atoms with van der Waals surface area (Å²) < 4.78 is 0. The summed E-state index contributed by atoms with van der Waals surface area (Å²) in [6, 6.07) is 14.3. The standard InChI is InChI=1S/C25H33Cl2N5O2/c26-12-17-32(18-13-27)23-9-7-20(8-10-23)29-25(34)30-22-6-4-5-21(19-22)28-24(33)11-16-31-14-2-1-3-15-31/h4-10,19H,1-3,11-18H2,(H,28,33)(H2,29,30,34). The zero-order valence-corrected chi connectivity index (χ0v) is 20.9. The fourth-order valence-electron chi connectivity index (χ4n) is 3.96. The van der Waals surface area contributed by atoms with Crippen molar-refractivity contribution < 1.29 is 9.59 Å². The fourth-order valence-corrected chi connectivity index (χ4v) is 4.37. The Labute approximate surface area is 211 Å². The summed E-state index contributed by atoms with van der Waals surface area (Å²) in [7, 11) is 0. The van der Waals surface area contributed by atoms with Crippen LogP contribution in [0.2, 0.25) is 0 Å². The molecule has 1 aliphatic heterocycles. The number of carbonyl (C=O) groups excluding carboxylic acids is 2. The van der Waals surface area contributed by atoms with Gasteiger partial charge >= 0.3 is 6.03 Å². The van der Waals surface area contributed by atoms with Gasteiger partial charge in [-0.1, -0.05) is 12.5 Å². The summed E-state index contributed by atoms with van der Waals surface area (Å²) in [4.78, 5) is 29.2. The van der Waals surface area contributed by atoms with Gasteiger partial charge in [0.15, 0.2) is 0 Å². The number of benzene rings is 2. The highest BCUT2D eigenvalue weighted by atomic mass is 35.5.